The van der Waals surface area contributed by atoms with E-state index in [0.29, 0.717) is 0 Å². The van der Waals surface area contributed by atoms with Gasteiger partial charge in [-0.25, -0.2) is 0 Å². The van der Waals surface area contributed by atoms with Crippen LogP contribution >= 0.6 is 23.5 Å². The van der Waals surface area contributed by atoms with Crippen molar-refractivity contribution in [2.24, 2.45) is 0 Å². The first-order chi connectivity index (χ1) is 12.9. The Bertz CT molecular complexity index is 875. The quantitative estimate of drug-likeness (QED) is 0.356. The molecule has 0 amide bonds. The van der Waals surface area contributed by atoms with Gasteiger partial charge in [0.2, 0.25) is 10.3 Å². The van der Waals surface area contributed by atoms with Gasteiger partial charge in [0.05, 0.1) is 11.4 Å². The van der Waals surface area contributed by atoms with Crippen LogP contribution in [0, 0.1) is 0 Å². The van der Waals surface area contributed by atoms with Crippen LogP contribution in [-0.2, 0) is 0 Å². The monoisotopic (exact) mass is 382 g/mol. The fraction of sp³-hybridized carbons (Fsp3) is 0.125. The number of nitrogens with zero attached hydrogens (tertiary/aromatic N) is 8. The first-order valence-corrected chi connectivity index (χ1v) is 9.82. The maximum absolute atomic E-state index is 4.10. The molecule has 2 heterocycles. The minimum absolute atomic E-state index is 0.763. The van der Waals surface area contributed by atoms with Crippen molar-refractivity contribution in [2.75, 3.05) is 11.5 Å². The minimum Gasteiger partial charge on any atom is -0.188 e. The number of hydrogen-bond acceptors (Lipinski definition) is 8. The second kappa shape index (κ2) is 8.11. The van der Waals surface area contributed by atoms with E-state index in [1.165, 1.54) is 0 Å². The predicted octanol–water partition coefficient (Wildman–Crippen LogP) is 2.52. The van der Waals surface area contributed by atoms with Gasteiger partial charge in [0.25, 0.3) is 0 Å². The van der Waals surface area contributed by atoms with Crippen LogP contribution in [0.5, 0.6) is 0 Å². The Labute approximate surface area is 158 Å². The molecule has 0 saturated heterocycles. The second-order valence-corrected chi connectivity index (χ2v) is 7.24. The molecule has 0 spiro atoms. The number of thioether (sulfide) groups is 2. The molecular formula is C16H14N8S2. The van der Waals surface area contributed by atoms with Gasteiger partial charge in [0.15, 0.2) is 0 Å². The lowest BCUT2D eigenvalue weighted by Crippen LogP contribution is -2.01. The van der Waals surface area contributed by atoms with Crippen LogP contribution in [0.15, 0.2) is 71.0 Å². The van der Waals surface area contributed by atoms with Gasteiger partial charge in [-0.2, -0.15) is 9.36 Å². The Hall–Kier alpha value is -2.72. The smallest absolute Gasteiger partial charge is 0.188 e. The van der Waals surface area contributed by atoms with Crippen LogP contribution in [0.2, 0.25) is 0 Å². The first-order valence-electron chi connectivity index (χ1n) is 7.85. The van der Waals surface area contributed by atoms with Crippen LogP contribution in [0.1, 0.15) is 0 Å². The molecule has 8 nitrogen and oxygen atoms in total. The molecule has 0 saturated carbocycles. The van der Waals surface area contributed by atoms with Gasteiger partial charge >= 0.3 is 0 Å². The van der Waals surface area contributed by atoms with E-state index in [2.05, 4.69) is 31.1 Å². The molecule has 0 fully saturated rings. The van der Waals surface area contributed by atoms with E-state index in [4.69, 9.17) is 0 Å². The Morgan fingerprint density at radius 3 is 1.46 bits per heavy atom. The summed E-state index contributed by atoms with van der Waals surface area (Å²) in [6.07, 6.45) is 0. The van der Waals surface area contributed by atoms with E-state index in [9.17, 15) is 0 Å². The van der Waals surface area contributed by atoms with Gasteiger partial charge in [-0.1, -0.05) is 59.9 Å². The van der Waals surface area contributed by atoms with Gasteiger partial charge in [0.1, 0.15) is 0 Å². The molecule has 2 aromatic carbocycles. The summed E-state index contributed by atoms with van der Waals surface area (Å²) in [5.74, 6) is 1.67. The summed E-state index contributed by atoms with van der Waals surface area (Å²) in [5, 5.41) is 25.4. The van der Waals surface area contributed by atoms with E-state index in [1.807, 2.05) is 60.7 Å². The van der Waals surface area contributed by atoms with Crippen molar-refractivity contribution in [2.45, 2.75) is 10.3 Å². The average Bonchev–Trinajstić information content (AvgIpc) is 3.36. The molecule has 0 aliphatic heterocycles. The summed E-state index contributed by atoms with van der Waals surface area (Å²) in [4.78, 5) is 0. The summed E-state index contributed by atoms with van der Waals surface area (Å²) in [6, 6.07) is 19.7. The van der Waals surface area contributed by atoms with Gasteiger partial charge in [0, 0.05) is 11.5 Å². The molecule has 130 valence electrons. The molecule has 4 rings (SSSR count). The molecule has 26 heavy (non-hydrogen) atoms. The number of hydrogen-bond donors (Lipinski definition) is 0. The van der Waals surface area contributed by atoms with E-state index in [-0.39, 0.29) is 0 Å². The molecular weight excluding hydrogens is 368 g/mol. The van der Waals surface area contributed by atoms with Crippen LogP contribution < -0.4 is 0 Å². The van der Waals surface area contributed by atoms with Crippen LogP contribution in [0.3, 0.4) is 0 Å². The van der Waals surface area contributed by atoms with Crippen molar-refractivity contribution in [3.63, 3.8) is 0 Å². The molecule has 0 bridgehead atoms. The Morgan fingerprint density at radius 2 is 1.04 bits per heavy atom. The SMILES string of the molecule is c1ccc(-n2nnnc2SCCSc2nnnn2-c2ccccc2)cc1. The summed E-state index contributed by atoms with van der Waals surface area (Å²) in [5.41, 5.74) is 1.89. The van der Waals surface area contributed by atoms with E-state index >= 15 is 0 Å². The molecule has 0 N–H and O–H groups in total. The number of rotatable bonds is 7. The van der Waals surface area contributed by atoms with Crippen molar-refractivity contribution >= 4 is 23.5 Å². The molecule has 0 unspecified atom stereocenters. The van der Waals surface area contributed by atoms with Crippen molar-refractivity contribution < 1.29 is 0 Å². The summed E-state index contributed by atoms with van der Waals surface area (Å²) in [7, 11) is 0. The van der Waals surface area contributed by atoms with Gasteiger partial charge in [-0.15, -0.1) is 10.2 Å². The molecule has 0 aliphatic rings. The topological polar surface area (TPSA) is 87.2 Å². The number of tetrazole rings is 2. The fourth-order valence-electron chi connectivity index (χ4n) is 2.27. The van der Waals surface area contributed by atoms with Crippen molar-refractivity contribution in [3.8, 4) is 11.4 Å². The molecule has 10 heteroatoms. The van der Waals surface area contributed by atoms with Crippen molar-refractivity contribution in [1.82, 2.24) is 40.4 Å². The van der Waals surface area contributed by atoms with Crippen LogP contribution in [0.25, 0.3) is 11.4 Å². The second-order valence-electron chi connectivity index (χ2n) is 5.11. The van der Waals surface area contributed by atoms with Crippen molar-refractivity contribution in [3.05, 3.63) is 60.7 Å². The van der Waals surface area contributed by atoms with E-state index in [0.717, 1.165) is 33.2 Å². The Morgan fingerprint density at radius 1 is 0.615 bits per heavy atom. The van der Waals surface area contributed by atoms with Crippen LogP contribution in [0.4, 0.5) is 0 Å². The van der Waals surface area contributed by atoms with Crippen LogP contribution in [-0.4, -0.2) is 51.9 Å². The highest BCUT2D eigenvalue weighted by atomic mass is 32.2. The number of benzene rings is 2. The number of aromatic nitrogens is 8. The normalized spacial score (nSPS) is 10.9. The van der Waals surface area contributed by atoms with Gasteiger partial charge < -0.3 is 0 Å². The highest BCUT2D eigenvalue weighted by Gasteiger charge is 2.11. The van der Waals surface area contributed by atoms with E-state index < -0.39 is 0 Å². The summed E-state index contributed by atoms with van der Waals surface area (Å²) >= 11 is 3.20. The Balaban J connectivity index is 1.36. The number of para-hydroxylation sites is 2. The predicted molar refractivity (Wildman–Crippen MR) is 99.8 cm³/mol. The maximum Gasteiger partial charge on any atom is 0.214 e. The lowest BCUT2D eigenvalue weighted by molar-refractivity contribution is 0.756. The molecule has 0 atom stereocenters. The lowest BCUT2D eigenvalue weighted by atomic mass is 10.3. The zero-order chi connectivity index (χ0) is 17.6. The van der Waals surface area contributed by atoms with Crippen molar-refractivity contribution in [1.29, 1.82) is 0 Å². The zero-order valence-electron chi connectivity index (χ0n) is 13.6. The zero-order valence-corrected chi connectivity index (χ0v) is 15.2. The average molecular weight is 382 g/mol. The van der Waals surface area contributed by atoms with Gasteiger partial charge in [-0.3, -0.25) is 0 Å². The lowest BCUT2D eigenvalue weighted by Gasteiger charge is -2.05. The third kappa shape index (κ3) is 3.75. The first kappa shape index (κ1) is 16.7. The third-order valence-electron chi connectivity index (χ3n) is 3.43. The summed E-state index contributed by atoms with van der Waals surface area (Å²) in [6.45, 7) is 0. The molecule has 2 aromatic heterocycles. The largest absolute Gasteiger partial charge is 0.214 e. The summed E-state index contributed by atoms with van der Waals surface area (Å²) < 4.78 is 3.48. The molecule has 0 aliphatic carbocycles. The maximum atomic E-state index is 4.10. The highest BCUT2D eigenvalue weighted by Crippen LogP contribution is 2.22. The molecule has 4 aromatic rings. The van der Waals surface area contributed by atoms with Gasteiger partial charge in [-0.05, 0) is 45.1 Å². The van der Waals surface area contributed by atoms with E-state index in [1.54, 1.807) is 32.9 Å². The fourth-order valence-corrected chi connectivity index (χ4v) is 4.01. The molecule has 0 radical (unpaired) electrons. The third-order valence-corrected chi connectivity index (χ3v) is 5.53. The minimum atomic E-state index is 0.763. The highest BCUT2D eigenvalue weighted by molar-refractivity contribution is 8.02. The standard InChI is InChI=1S/C16H14N8S2/c1-3-7-13(8-4-1)23-15(17-19-21-23)25-11-12-26-16-18-20-22-24(16)14-9-5-2-6-10-14/h1-10H,11-12H2. The Kier molecular flexibility index (Phi) is 5.22.